The number of rotatable bonds is 1. The predicted octanol–water partition coefficient (Wildman–Crippen LogP) is -0.918. The maximum atomic E-state index is 11.4. The molecular formula is C8H10N4O. The molecule has 0 aromatic carbocycles. The van der Waals surface area contributed by atoms with Gasteiger partial charge < -0.3 is 10.2 Å². The van der Waals surface area contributed by atoms with Gasteiger partial charge >= 0.3 is 0 Å². The molecule has 1 amide bonds. The van der Waals surface area contributed by atoms with E-state index in [4.69, 9.17) is 10.5 Å². The maximum Gasteiger partial charge on any atom is 0.254 e. The van der Waals surface area contributed by atoms with Gasteiger partial charge in [0.2, 0.25) is 5.92 Å². The smallest absolute Gasteiger partial charge is 0.254 e. The van der Waals surface area contributed by atoms with Gasteiger partial charge in [-0.2, -0.15) is 10.5 Å². The molecule has 1 heterocycles. The Balaban J connectivity index is 2.56. The van der Waals surface area contributed by atoms with Gasteiger partial charge in [-0.3, -0.25) is 4.79 Å². The molecule has 0 radical (unpaired) electrons. The van der Waals surface area contributed by atoms with Gasteiger partial charge in [0.25, 0.3) is 5.91 Å². The Morgan fingerprint density at radius 2 is 1.85 bits per heavy atom. The van der Waals surface area contributed by atoms with Crippen molar-refractivity contribution in [2.75, 3.05) is 26.2 Å². The fraction of sp³-hybridized carbons (Fsp3) is 0.625. The first-order valence-electron chi connectivity index (χ1n) is 4.08. The summed E-state index contributed by atoms with van der Waals surface area (Å²) in [6.07, 6.45) is 0. The average Bonchev–Trinajstić information content (AvgIpc) is 2.21. The van der Waals surface area contributed by atoms with Gasteiger partial charge in [0, 0.05) is 26.2 Å². The normalized spacial score (nSPS) is 16.4. The molecule has 0 aromatic rings. The maximum absolute atomic E-state index is 11.4. The zero-order chi connectivity index (χ0) is 9.68. The Bertz CT molecular complexity index is 255. The molecule has 0 aliphatic carbocycles. The van der Waals surface area contributed by atoms with E-state index in [1.165, 1.54) is 0 Å². The van der Waals surface area contributed by atoms with Crippen LogP contribution in [0.15, 0.2) is 0 Å². The highest BCUT2D eigenvalue weighted by Gasteiger charge is 2.24. The molecule has 0 unspecified atom stereocenters. The molecule has 5 heteroatoms. The molecule has 1 fully saturated rings. The van der Waals surface area contributed by atoms with Gasteiger partial charge in [0.15, 0.2) is 0 Å². The Morgan fingerprint density at radius 1 is 1.31 bits per heavy atom. The Morgan fingerprint density at radius 3 is 2.31 bits per heavy atom. The van der Waals surface area contributed by atoms with Crippen molar-refractivity contribution in [3.63, 3.8) is 0 Å². The van der Waals surface area contributed by atoms with Crippen LogP contribution >= 0.6 is 0 Å². The number of nitrogens with zero attached hydrogens (tertiary/aromatic N) is 3. The molecule has 1 aliphatic heterocycles. The number of carbonyl (C=O) groups is 1. The van der Waals surface area contributed by atoms with Gasteiger partial charge in [0.05, 0.1) is 12.1 Å². The van der Waals surface area contributed by atoms with Crippen LogP contribution in [0.5, 0.6) is 0 Å². The number of carbonyl (C=O) groups excluding carboxylic acids is 1. The van der Waals surface area contributed by atoms with Crippen molar-refractivity contribution >= 4 is 5.91 Å². The second-order valence-corrected chi connectivity index (χ2v) is 2.77. The van der Waals surface area contributed by atoms with Gasteiger partial charge in [-0.15, -0.1) is 0 Å². The molecule has 0 spiro atoms. The molecular weight excluding hydrogens is 168 g/mol. The molecule has 13 heavy (non-hydrogen) atoms. The van der Waals surface area contributed by atoms with Crippen LogP contribution in [-0.2, 0) is 4.79 Å². The van der Waals surface area contributed by atoms with Crippen molar-refractivity contribution in [1.82, 2.24) is 10.2 Å². The van der Waals surface area contributed by atoms with Crippen LogP contribution in [0.25, 0.3) is 0 Å². The van der Waals surface area contributed by atoms with E-state index in [0.29, 0.717) is 13.1 Å². The number of nitrogens with one attached hydrogen (secondary N) is 1. The van der Waals surface area contributed by atoms with Crippen molar-refractivity contribution in [2.24, 2.45) is 5.92 Å². The van der Waals surface area contributed by atoms with Crippen LogP contribution in [0.4, 0.5) is 0 Å². The lowest BCUT2D eigenvalue weighted by Crippen LogP contribution is -2.48. The van der Waals surface area contributed by atoms with Crippen molar-refractivity contribution in [1.29, 1.82) is 10.5 Å². The van der Waals surface area contributed by atoms with Crippen LogP contribution < -0.4 is 5.32 Å². The second-order valence-electron chi connectivity index (χ2n) is 2.77. The first kappa shape index (κ1) is 9.50. The standard InChI is InChI=1S/C8H10N4O/c9-5-7(6-10)8(13)12-3-1-11-2-4-12/h7,11H,1-4H2. The lowest BCUT2D eigenvalue weighted by atomic mass is 10.1. The van der Waals surface area contributed by atoms with Crippen LogP contribution in [0.2, 0.25) is 0 Å². The van der Waals surface area contributed by atoms with E-state index in [1.807, 2.05) is 0 Å². The van der Waals surface area contributed by atoms with Crippen molar-refractivity contribution < 1.29 is 4.79 Å². The summed E-state index contributed by atoms with van der Waals surface area (Å²) >= 11 is 0. The van der Waals surface area contributed by atoms with E-state index in [2.05, 4.69) is 5.32 Å². The van der Waals surface area contributed by atoms with E-state index in [9.17, 15) is 4.79 Å². The summed E-state index contributed by atoms with van der Waals surface area (Å²) in [5.74, 6) is -1.51. The fourth-order valence-corrected chi connectivity index (χ4v) is 1.21. The van der Waals surface area contributed by atoms with E-state index in [0.717, 1.165) is 13.1 Å². The summed E-state index contributed by atoms with van der Waals surface area (Å²) < 4.78 is 0. The molecule has 0 aromatic heterocycles. The molecule has 5 nitrogen and oxygen atoms in total. The summed E-state index contributed by atoms with van der Waals surface area (Å²) in [6, 6.07) is 3.35. The number of nitriles is 2. The predicted molar refractivity (Wildman–Crippen MR) is 44.2 cm³/mol. The zero-order valence-electron chi connectivity index (χ0n) is 7.16. The summed E-state index contributed by atoms with van der Waals surface area (Å²) in [5, 5.41) is 20.1. The van der Waals surface area contributed by atoms with E-state index in [-0.39, 0.29) is 5.91 Å². The van der Waals surface area contributed by atoms with Gasteiger partial charge in [-0.25, -0.2) is 0 Å². The lowest BCUT2D eigenvalue weighted by molar-refractivity contribution is -0.132. The van der Waals surface area contributed by atoms with Crippen molar-refractivity contribution in [3.8, 4) is 12.1 Å². The Kier molecular flexibility index (Phi) is 3.24. The number of amides is 1. The van der Waals surface area contributed by atoms with Gasteiger partial charge in [-0.1, -0.05) is 0 Å². The highest BCUT2D eigenvalue weighted by atomic mass is 16.2. The third-order valence-electron chi connectivity index (χ3n) is 1.93. The van der Waals surface area contributed by atoms with Crippen molar-refractivity contribution in [3.05, 3.63) is 0 Å². The van der Waals surface area contributed by atoms with Gasteiger partial charge in [0.1, 0.15) is 0 Å². The molecule has 0 saturated carbocycles. The van der Waals surface area contributed by atoms with E-state index >= 15 is 0 Å². The average molecular weight is 178 g/mol. The third-order valence-corrected chi connectivity index (χ3v) is 1.93. The summed E-state index contributed by atoms with van der Waals surface area (Å²) in [6.45, 7) is 2.63. The molecule has 1 N–H and O–H groups in total. The SMILES string of the molecule is N#CC(C#N)C(=O)N1CCNCC1. The van der Waals surface area contributed by atoms with Crippen LogP contribution in [-0.4, -0.2) is 37.0 Å². The highest BCUT2D eigenvalue weighted by Crippen LogP contribution is 2.02. The quantitative estimate of drug-likeness (QED) is 0.563. The monoisotopic (exact) mass is 178 g/mol. The Hall–Kier alpha value is -1.59. The highest BCUT2D eigenvalue weighted by molar-refractivity contribution is 5.83. The topological polar surface area (TPSA) is 79.9 Å². The molecule has 0 bridgehead atoms. The number of hydrogen-bond donors (Lipinski definition) is 1. The van der Waals surface area contributed by atoms with Crippen LogP contribution in [0.1, 0.15) is 0 Å². The summed E-state index contributed by atoms with van der Waals surface area (Å²) in [4.78, 5) is 13.0. The molecule has 1 saturated heterocycles. The minimum atomic E-state index is -1.14. The zero-order valence-corrected chi connectivity index (χ0v) is 7.16. The van der Waals surface area contributed by atoms with E-state index in [1.54, 1.807) is 17.0 Å². The number of piperazine rings is 1. The lowest BCUT2D eigenvalue weighted by Gasteiger charge is -2.27. The summed E-state index contributed by atoms with van der Waals surface area (Å²) in [7, 11) is 0. The summed E-state index contributed by atoms with van der Waals surface area (Å²) in [5.41, 5.74) is 0. The Labute approximate surface area is 76.5 Å². The molecule has 0 atom stereocenters. The van der Waals surface area contributed by atoms with Crippen LogP contribution in [0, 0.1) is 28.6 Å². The second kappa shape index (κ2) is 4.44. The van der Waals surface area contributed by atoms with Crippen molar-refractivity contribution in [2.45, 2.75) is 0 Å². The molecule has 68 valence electrons. The first-order valence-corrected chi connectivity index (χ1v) is 4.08. The number of hydrogen-bond acceptors (Lipinski definition) is 4. The first-order chi connectivity index (χ1) is 6.29. The fourth-order valence-electron chi connectivity index (χ4n) is 1.21. The van der Waals surface area contributed by atoms with E-state index < -0.39 is 5.92 Å². The third kappa shape index (κ3) is 2.17. The largest absolute Gasteiger partial charge is 0.338 e. The van der Waals surface area contributed by atoms with Crippen LogP contribution in [0.3, 0.4) is 0 Å². The molecule has 1 aliphatic rings. The minimum absolute atomic E-state index is 0.369. The van der Waals surface area contributed by atoms with Gasteiger partial charge in [-0.05, 0) is 0 Å². The minimum Gasteiger partial charge on any atom is -0.338 e. The molecule has 1 rings (SSSR count).